The fourth-order valence-corrected chi connectivity index (χ4v) is 2.18. The maximum Gasteiger partial charge on any atom is 0.416 e. The van der Waals surface area contributed by atoms with Gasteiger partial charge in [-0.05, 0) is 42.8 Å². The Hall–Kier alpha value is -2.57. The first-order valence-electron chi connectivity index (χ1n) is 8.08. The van der Waals surface area contributed by atoms with Gasteiger partial charge in [0.2, 0.25) is 0 Å². The van der Waals surface area contributed by atoms with Crippen LogP contribution in [-0.2, 0) is 6.18 Å². The van der Waals surface area contributed by atoms with Gasteiger partial charge >= 0.3 is 6.18 Å². The standard InChI is InChI=1S/C18H20F3N3O/c1-2-3-4-11-22-15-9-10-16(23-12-15)17(25)24-14-7-5-13(6-8-14)18(19,20)21/h5-10,12,22H,2-4,11H2,1H3,(H,24,25). The van der Waals surface area contributed by atoms with E-state index in [9.17, 15) is 18.0 Å². The van der Waals surface area contributed by atoms with Gasteiger partial charge in [-0.3, -0.25) is 4.79 Å². The Morgan fingerprint density at radius 3 is 2.28 bits per heavy atom. The minimum atomic E-state index is -4.40. The van der Waals surface area contributed by atoms with Crippen LogP contribution in [0, 0.1) is 0 Å². The first kappa shape index (κ1) is 18.8. The molecule has 2 aromatic rings. The van der Waals surface area contributed by atoms with Crippen LogP contribution >= 0.6 is 0 Å². The molecule has 134 valence electrons. The number of unbranched alkanes of at least 4 members (excludes halogenated alkanes) is 2. The van der Waals surface area contributed by atoms with Crippen LogP contribution in [0.3, 0.4) is 0 Å². The van der Waals surface area contributed by atoms with Gasteiger partial charge in [-0.25, -0.2) is 4.98 Å². The maximum absolute atomic E-state index is 12.5. The molecule has 1 aromatic heterocycles. The van der Waals surface area contributed by atoms with Crippen molar-refractivity contribution in [2.45, 2.75) is 32.4 Å². The second-order valence-electron chi connectivity index (χ2n) is 5.60. The van der Waals surface area contributed by atoms with Crippen LogP contribution in [0.4, 0.5) is 24.5 Å². The van der Waals surface area contributed by atoms with E-state index in [2.05, 4.69) is 22.5 Å². The second kappa shape index (κ2) is 8.50. The summed E-state index contributed by atoms with van der Waals surface area (Å²) in [5.74, 6) is -0.475. The van der Waals surface area contributed by atoms with Gasteiger partial charge in [0.15, 0.2) is 0 Å². The van der Waals surface area contributed by atoms with E-state index in [1.165, 1.54) is 12.1 Å². The molecular weight excluding hydrogens is 331 g/mol. The minimum absolute atomic E-state index is 0.194. The molecule has 0 aliphatic heterocycles. The Morgan fingerprint density at radius 1 is 1.04 bits per heavy atom. The lowest BCUT2D eigenvalue weighted by Crippen LogP contribution is -2.14. The van der Waals surface area contributed by atoms with Crippen molar-refractivity contribution in [1.29, 1.82) is 0 Å². The SMILES string of the molecule is CCCCCNc1ccc(C(=O)Nc2ccc(C(F)(F)F)cc2)nc1. The Kier molecular flexibility index (Phi) is 6.38. The number of pyridine rings is 1. The van der Waals surface area contributed by atoms with Crippen molar-refractivity contribution >= 4 is 17.3 Å². The minimum Gasteiger partial charge on any atom is -0.384 e. The number of halogens is 3. The zero-order chi connectivity index (χ0) is 18.3. The molecular formula is C18H20F3N3O. The Labute approximate surface area is 144 Å². The predicted octanol–water partition coefficient (Wildman–Crippen LogP) is 4.95. The smallest absolute Gasteiger partial charge is 0.384 e. The van der Waals surface area contributed by atoms with E-state index in [1.807, 2.05) is 0 Å². The average molecular weight is 351 g/mol. The monoisotopic (exact) mass is 351 g/mol. The van der Waals surface area contributed by atoms with E-state index in [4.69, 9.17) is 0 Å². The summed E-state index contributed by atoms with van der Waals surface area (Å²) in [5, 5.41) is 5.74. The third kappa shape index (κ3) is 5.77. The van der Waals surface area contributed by atoms with Crippen LogP contribution in [0.5, 0.6) is 0 Å². The van der Waals surface area contributed by atoms with Gasteiger partial charge in [0, 0.05) is 12.2 Å². The summed E-state index contributed by atoms with van der Waals surface area (Å²) in [6, 6.07) is 7.59. The lowest BCUT2D eigenvalue weighted by molar-refractivity contribution is -0.137. The summed E-state index contributed by atoms with van der Waals surface area (Å²) in [7, 11) is 0. The molecule has 0 radical (unpaired) electrons. The molecule has 0 saturated carbocycles. The Morgan fingerprint density at radius 2 is 1.72 bits per heavy atom. The number of hydrogen-bond acceptors (Lipinski definition) is 3. The van der Waals surface area contributed by atoms with Crippen molar-refractivity contribution in [3.63, 3.8) is 0 Å². The van der Waals surface area contributed by atoms with Crippen molar-refractivity contribution in [1.82, 2.24) is 4.98 Å². The van der Waals surface area contributed by atoms with Crippen molar-refractivity contribution in [2.75, 3.05) is 17.2 Å². The van der Waals surface area contributed by atoms with Gasteiger partial charge in [0.25, 0.3) is 5.91 Å². The molecule has 0 aliphatic carbocycles. The highest BCUT2D eigenvalue weighted by Gasteiger charge is 2.30. The molecule has 0 aliphatic rings. The van der Waals surface area contributed by atoms with Crippen LogP contribution in [0.15, 0.2) is 42.6 Å². The molecule has 1 heterocycles. The van der Waals surface area contributed by atoms with Crippen LogP contribution in [0.1, 0.15) is 42.2 Å². The van der Waals surface area contributed by atoms with E-state index < -0.39 is 17.6 Å². The summed E-state index contributed by atoms with van der Waals surface area (Å²) >= 11 is 0. The third-order valence-corrected chi connectivity index (χ3v) is 3.58. The summed E-state index contributed by atoms with van der Waals surface area (Å²) in [6.45, 7) is 2.97. The zero-order valence-electron chi connectivity index (χ0n) is 13.9. The van der Waals surface area contributed by atoms with Crippen LogP contribution in [0.25, 0.3) is 0 Å². The normalized spacial score (nSPS) is 11.2. The Bertz CT molecular complexity index is 682. The quantitative estimate of drug-likeness (QED) is 0.694. The molecule has 0 spiro atoms. The van der Waals surface area contributed by atoms with Crippen molar-refractivity contribution in [2.24, 2.45) is 0 Å². The van der Waals surface area contributed by atoms with Crippen LogP contribution in [0.2, 0.25) is 0 Å². The number of amides is 1. The molecule has 0 saturated heterocycles. The number of alkyl halides is 3. The molecule has 0 atom stereocenters. The molecule has 0 fully saturated rings. The van der Waals surface area contributed by atoms with Gasteiger partial charge < -0.3 is 10.6 Å². The van der Waals surface area contributed by atoms with E-state index >= 15 is 0 Å². The molecule has 1 aromatic carbocycles. The zero-order valence-corrected chi connectivity index (χ0v) is 13.9. The second-order valence-corrected chi connectivity index (χ2v) is 5.60. The van der Waals surface area contributed by atoms with Gasteiger partial charge in [-0.2, -0.15) is 13.2 Å². The van der Waals surface area contributed by atoms with E-state index in [0.717, 1.165) is 43.6 Å². The number of rotatable bonds is 7. The fourth-order valence-electron chi connectivity index (χ4n) is 2.18. The number of benzene rings is 1. The van der Waals surface area contributed by atoms with Gasteiger partial charge in [-0.15, -0.1) is 0 Å². The molecule has 2 N–H and O–H groups in total. The van der Waals surface area contributed by atoms with E-state index in [0.29, 0.717) is 0 Å². The van der Waals surface area contributed by atoms with Crippen LogP contribution in [-0.4, -0.2) is 17.4 Å². The summed E-state index contributed by atoms with van der Waals surface area (Å²) < 4.78 is 37.5. The van der Waals surface area contributed by atoms with E-state index in [-0.39, 0.29) is 11.4 Å². The molecule has 4 nitrogen and oxygen atoms in total. The first-order valence-corrected chi connectivity index (χ1v) is 8.08. The number of nitrogens with zero attached hydrogens (tertiary/aromatic N) is 1. The first-order chi connectivity index (χ1) is 11.9. The lowest BCUT2D eigenvalue weighted by Gasteiger charge is -2.09. The lowest BCUT2D eigenvalue weighted by atomic mass is 10.2. The molecule has 1 amide bonds. The fraction of sp³-hybridized carbons (Fsp3) is 0.333. The van der Waals surface area contributed by atoms with Gasteiger partial charge in [0.1, 0.15) is 5.69 Å². The number of carbonyl (C=O) groups excluding carboxylic acids is 1. The number of hydrogen-bond donors (Lipinski definition) is 2. The number of nitrogens with one attached hydrogen (secondary N) is 2. The molecule has 0 bridgehead atoms. The van der Waals surface area contributed by atoms with Crippen molar-refractivity contribution < 1.29 is 18.0 Å². The van der Waals surface area contributed by atoms with E-state index in [1.54, 1.807) is 18.3 Å². The van der Waals surface area contributed by atoms with Gasteiger partial charge in [0.05, 0.1) is 17.4 Å². The maximum atomic E-state index is 12.5. The highest BCUT2D eigenvalue weighted by atomic mass is 19.4. The number of carbonyl (C=O) groups is 1. The summed E-state index contributed by atoms with van der Waals surface area (Å²) in [6.07, 6.45) is 0.515. The predicted molar refractivity (Wildman–Crippen MR) is 91.6 cm³/mol. The van der Waals surface area contributed by atoms with Crippen LogP contribution < -0.4 is 10.6 Å². The molecule has 25 heavy (non-hydrogen) atoms. The summed E-state index contributed by atoms with van der Waals surface area (Å²) in [4.78, 5) is 16.2. The molecule has 7 heteroatoms. The summed E-state index contributed by atoms with van der Waals surface area (Å²) in [5.41, 5.74) is 0.532. The van der Waals surface area contributed by atoms with Gasteiger partial charge in [-0.1, -0.05) is 19.8 Å². The highest BCUT2D eigenvalue weighted by Crippen LogP contribution is 2.29. The average Bonchev–Trinajstić information content (AvgIpc) is 2.59. The number of anilines is 2. The van der Waals surface area contributed by atoms with Crippen molar-refractivity contribution in [3.05, 3.63) is 53.9 Å². The molecule has 2 rings (SSSR count). The largest absolute Gasteiger partial charge is 0.416 e. The van der Waals surface area contributed by atoms with Crippen molar-refractivity contribution in [3.8, 4) is 0 Å². The Balaban J connectivity index is 1.92. The highest BCUT2D eigenvalue weighted by molar-refractivity contribution is 6.02. The topological polar surface area (TPSA) is 54.0 Å². The number of aromatic nitrogens is 1. The molecule has 0 unspecified atom stereocenters. The third-order valence-electron chi connectivity index (χ3n) is 3.58.